The molecule has 0 bridgehead atoms. The van der Waals surface area contributed by atoms with E-state index in [1.165, 1.54) is 4.70 Å². The first kappa shape index (κ1) is 32.1. The molecule has 1 aromatic heterocycles. The highest BCUT2D eigenvalue weighted by Crippen LogP contribution is 2.40. The quantitative estimate of drug-likeness (QED) is 0.0509. The fourth-order valence-electron chi connectivity index (χ4n) is 5.03. The number of nitrogens with zero attached hydrogens (tertiary/aromatic N) is 1. The van der Waals surface area contributed by atoms with E-state index in [4.69, 9.17) is 19.7 Å². The summed E-state index contributed by atoms with van der Waals surface area (Å²) in [6.07, 6.45) is 3.59. The van der Waals surface area contributed by atoms with Gasteiger partial charge in [0.15, 0.2) is 10.6 Å². The molecule has 0 aliphatic carbocycles. The Morgan fingerprint density at radius 2 is 1.59 bits per heavy atom. The number of carbonyl (C=O) groups excluding carboxylic acids is 2. The summed E-state index contributed by atoms with van der Waals surface area (Å²) in [5.74, 6) is 0.281. The predicted molar refractivity (Wildman–Crippen MR) is 171 cm³/mol. The Kier molecular flexibility index (Phi) is 11.8. The number of ether oxygens (including phenoxy) is 2. The van der Waals surface area contributed by atoms with Crippen molar-refractivity contribution in [3.05, 3.63) is 89.5 Å². The van der Waals surface area contributed by atoms with Crippen molar-refractivity contribution in [1.82, 2.24) is 10.5 Å². The molecule has 0 radical (unpaired) electrons. The van der Waals surface area contributed by atoms with Gasteiger partial charge in [0.25, 0.3) is 0 Å². The summed E-state index contributed by atoms with van der Waals surface area (Å²) in [4.78, 5) is 28.3. The van der Waals surface area contributed by atoms with Crippen molar-refractivity contribution in [2.24, 2.45) is 0 Å². The van der Waals surface area contributed by atoms with Crippen LogP contribution in [0.3, 0.4) is 0 Å². The van der Waals surface area contributed by atoms with Crippen LogP contribution >= 0.6 is 23.1 Å². The third-order valence-corrected chi connectivity index (χ3v) is 9.74. The predicted octanol–water partition coefficient (Wildman–Crippen LogP) is 6.91. The first-order chi connectivity index (χ1) is 21.5. The van der Waals surface area contributed by atoms with E-state index in [9.17, 15) is 14.7 Å². The van der Waals surface area contributed by atoms with Crippen molar-refractivity contribution in [3.8, 4) is 0 Å². The lowest BCUT2D eigenvalue weighted by Gasteiger charge is -2.36. The van der Waals surface area contributed by atoms with Gasteiger partial charge < -0.3 is 19.9 Å². The van der Waals surface area contributed by atoms with E-state index in [-0.39, 0.29) is 37.0 Å². The highest BCUT2D eigenvalue weighted by atomic mass is 32.2. The first-order valence-electron chi connectivity index (χ1n) is 14.8. The van der Waals surface area contributed by atoms with E-state index in [0.29, 0.717) is 24.9 Å². The van der Waals surface area contributed by atoms with Gasteiger partial charge in [-0.2, -0.15) is 0 Å². The highest BCUT2D eigenvalue weighted by Gasteiger charge is 2.32. The number of aliphatic hydroxyl groups is 1. The maximum atomic E-state index is 12.4. The number of aromatic nitrogens is 1. The molecule has 1 aliphatic rings. The zero-order valence-corrected chi connectivity index (χ0v) is 25.9. The zero-order valence-electron chi connectivity index (χ0n) is 24.3. The minimum Gasteiger partial charge on any atom is -0.392 e. The lowest BCUT2D eigenvalue weighted by molar-refractivity contribution is -0.245. The Bertz CT molecular complexity index is 1480. The van der Waals surface area contributed by atoms with Gasteiger partial charge in [0.2, 0.25) is 11.8 Å². The maximum absolute atomic E-state index is 12.4. The van der Waals surface area contributed by atoms with Crippen LogP contribution in [0.1, 0.15) is 74.0 Å². The van der Waals surface area contributed by atoms with Crippen molar-refractivity contribution in [1.29, 1.82) is 0 Å². The van der Waals surface area contributed by atoms with Gasteiger partial charge in [-0.25, -0.2) is 10.5 Å². The van der Waals surface area contributed by atoms with Crippen molar-refractivity contribution in [2.75, 3.05) is 11.1 Å². The lowest BCUT2D eigenvalue weighted by atomic mass is 10.0. The molecule has 1 saturated heterocycles. The number of benzene rings is 3. The number of fused-ring (bicyclic) bond motifs is 1. The summed E-state index contributed by atoms with van der Waals surface area (Å²) in [7, 11) is 0. The van der Waals surface area contributed by atoms with Gasteiger partial charge >= 0.3 is 0 Å². The summed E-state index contributed by atoms with van der Waals surface area (Å²) in [5.41, 5.74) is 6.08. The number of thiazole rings is 1. The number of nitrogens with one attached hydrogen (secondary N) is 2. The van der Waals surface area contributed by atoms with Crippen molar-refractivity contribution < 1.29 is 29.4 Å². The fraction of sp³-hybridized carbons (Fsp3) is 0.364. The largest absolute Gasteiger partial charge is 0.392 e. The molecule has 9 nitrogen and oxygen atoms in total. The monoisotopic (exact) mass is 635 g/mol. The number of thioether (sulfide) groups is 1. The second-order valence-electron chi connectivity index (χ2n) is 10.7. The Labute approximate surface area is 265 Å². The number of hydrogen-bond donors (Lipinski definition) is 4. The number of carbonyl (C=O) groups is 2. The van der Waals surface area contributed by atoms with Gasteiger partial charge in [-0.3, -0.25) is 14.8 Å². The van der Waals surface area contributed by atoms with Crippen molar-refractivity contribution >= 4 is 50.8 Å². The summed E-state index contributed by atoms with van der Waals surface area (Å²) in [6.45, 7) is -0.00658. The molecule has 1 aliphatic heterocycles. The van der Waals surface area contributed by atoms with Gasteiger partial charge in [0, 0.05) is 36.3 Å². The summed E-state index contributed by atoms with van der Waals surface area (Å²) < 4.78 is 15.1. The lowest BCUT2D eigenvalue weighted by Crippen LogP contribution is -2.31. The molecule has 0 unspecified atom stereocenters. The number of unbranched alkanes of at least 4 members (excludes halogenated alkanes) is 3. The molecule has 44 heavy (non-hydrogen) atoms. The third kappa shape index (κ3) is 9.10. The van der Waals surface area contributed by atoms with Crippen LogP contribution in [0.25, 0.3) is 10.2 Å². The van der Waals surface area contributed by atoms with Crippen LogP contribution in [0.4, 0.5) is 5.69 Å². The van der Waals surface area contributed by atoms with Gasteiger partial charge in [0.05, 0.1) is 29.0 Å². The molecule has 5 rings (SSSR count). The van der Waals surface area contributed by atoms with Crippen molar-refractivity contribution in [3.63, 3.8) is 0 Å². The normalized spacial score (nSPS) is 18.3. The average Bonchev–Trinajstić information content (AvgIpc) is 3.48. The molecule has 2 amide bonds. The molecule has 4 aromatic rings. The molecule has 4 N–H and O–H groups in total. The Morgan fingerprint density at radius 3 is 2.30 bits per heavy atom. The average molecular weight is 636 g/mol. The van der Waals surface area contributed by atoms with Gasteiger partial charge in [-0.1, -0.05) is 73.1 Å². The van der Waals surface area contributed by atoms with Crippen LogP contribution < -0.4 is 10.8 Å². The minimum absolute atomic E-state index is 0.00658. The SMILES string of the molecule is O=C(CCCCCCC(=O)Nc1ccc([C@H]2O[C@@H](CSc3nc4ccccc4s3)C[C@@H](c3ccc(CO)cc3)O2)cc1)NO. The summed E-state index contributed by atoms with van der Waals surface area (Å²) in [6, 6.07) is 23.5. The van der Waals surface area contributed by atoms with Gasteiger partial charge in [-0.05, 0) is 48.2 Å². The minimum atomic E-state index is -0.579. The van der Waals surface area contributed by atoms with E-state index in [2.05, 4.69) is 11.4 Å². The van der Waals surface area contributed by atoms with E-state index < -0.39 is 6.29 Å². The topological polar surface area (TPSA) is 130 Å². The van der Waals surface area contributed by atoms with Crippen LogP contribution in [-0.4, -0.2) is 39.0 Å². The molecular weight excluding hydrogens is 599 g/mol. The number of hydrogen-bond acceptors (Lipinski definition) is 9. The second kappa shape index (κ2) is 16.1. The molecular formula is C33H37N3O6S2. The fourth-order valence-corrected chi connectivity index (χ4v) is 7.14. The Morgan fingerprint density at radius 1 is 0.886 bits per heavy atom. The molecule has 3 atom stereocenters. The first-order valence-corrected chi connectivity index (χ1v) is 16.6. The molecule has 1 fully saturated rings. The Balaban J connectivity index is 1.18. The summed E-state index contributed by atoms with van der Waals surface area (Å²) in [5, 5.41) is 21.0. The van der Waals surface area contributed by atoms with Crippen LogP contribution in [-0.2, 0) is 25.7 Å². The number of hydroxylamine groups is 1. The number of amides is 2. The standard InChI is InChI=1S/C33H37N3O6S2/c37-20-22-11-13-23(14-12-22)28-19-26(21-43-33-35-27-7-5-6-8-29(27)44-33)41-32(42-28)24-15-17-25(18-16-24)34-30(38)9-3-1-2-4-10-31(39)36-40/h5-8,11-18,26,28,32,37,40H,1-4,9-10,19-21H2,(H,34,38)(H,36,39)/t26-,28+,32+/m1/s1. The zero-order chi connectivity index (χ0) is 30.7. The van der Waals surface area contributed by atoms with E-state index in [1.807, 2.05) is 66.7 Å². The molecule has 0 spiro atoms. The van der Waals surface area contributed by atoms with Crippen LogP contribution in [0.15, 0.2) is 77.1 Å². The van der Waals surface area contributed by atoms with E-state index in [0.717, 1.165) is 51.6 Å². The molecule has 2 heterocycles. The van der Waals surface area contributed by atoms with Crippen molar-refractivity contribution in [2.45, 2.75) is 74.4 Å². The smallest absolute Gasteiger partial charge is 0.243 e. The third-order valence-electron chi connectivity index (χ3n) is 7.43. The van der Waals surface area contributed by atoms with Gasteiger partial charge in [-0.15, -0.1) is 11.3 Å². The second-order valence-corrected chi connectivity index (χ2v) is 13.0. The van der Waals surface area contributed by atoms with Gasteiger partial charge in [0.1, 0.15) is 0 Å². The number of anilines is 1. The summed E-state index contributed by atoms with van der Waals surface area (Å²) >= 11 is 3.38. The highest BCUT2D eigenvalue weighted by molar-refractivity contribution is 8.01. The van der Waals surface area contributed by atoms with Crippen LogP contribution in [0.2, 0.25) is 0 Å². The maximum Gasteiger partial charge on any atom is 0.243 e. The molecule has 3 aromatic carbocycles. The van der Waals surface area contributed by atoms with E-state index >= 15 is 0 Å². The number of para-hydroxylation sites is 1. The van der Waals surface area contributed by atoms with Crippen LogP contribution in [0.5, 0.6) is 0 Å². The molecule has 11 heteroatoms. The molecule has 232 valence electrons. The number of rotatable bonds is 14. The molecule has 0 saturated carbocycles. The number of aliphatic hydroxyl groups excluding tert-OH is 1. The Hall–Kier alpha value is -3.32. The van der Waals surface area contributed by atoms with Crippen LogP contribution in [0, 0.1) is 0 Å². The van der Waals surface area contributed by atoms with E-state index in [1.54, 1.807) is 28.6 Å².